The van der Waals surface area contributed by atoms with E-state index < -0.39 is 9.84 Å². The number of fused-ring (bicyclic) bond motifs is 1. The lowest BCUT2D eigenvalue weighted by molar-refractivity contribution is 0.111. The Hall–Kier alpha value is -1.56. The molecular formula is C10H10O5S. The van der Waals surface area contributed by atoms with Gasteiger partial charge in [0.05, 0.1) is 4.90 Å². The van der Waals surface area contributed by atoms with Gasteiger partial charge in [-0.15, -0.1) is 0 Å². The Bertz CT molecular complexity index is 532. The number of ether oxygens (including phenoxy) is 2. The number of carbonyl (C=O) groups is 1. The Labute approximate surface area is 92.9 Å². The lowest BCUT2D eigenvalue weighted by atomic mass is 10.2. The fourth-order valence-corrected chi connectivity index (χ4v) is 2.36. The Morgan fingerprint density at radius 2 is 1.75 bits per heavy atom. The number of hydrogen-bond acceptors (Lipinski definition) is 5. The van der Waals surface area contributed by atoms with Crippen LogP contribution in [0.3, 0.4) is 0 Å². The molecule has 0 saturated heterocycles. The van der Waals surface area contributed by atoms with Crippen LogP contribution < -0.4 is 9.47 Å². The monoisotopic (exact) mass is 242 g/mol. The predicted molar refractivity (Wildman–Crippen MR) is 55.9 cm³/mol. The summed E-state index contributed by atoms with van der Waals surface area (Å²) in [4.78, 5) is 10.8. The Morgan fingerprint density at radius 1 is 1.19 bits per heavy atom. The van der Waals surface area contributed by atoms with E-state index in [0.29, 0.717) is 31.0 Å². The molecule has 0 spiro atoms. The van der Waals surface area contributed by atoms with E-state index in [4.69, 9.17) is 9.47 Å². The van der Waals surface area contributed by atoms with Gasteiger partial charge in [0, 0.05) is 17.9 Å². The Balaban J connectivity index is 2.65. The van der Waals surface area contributed by atoms with Gasteiger partial charge in [-0.3, -0.25) is 4.79 Å². The summed E-state index contributed by atoms with van der Waals surface area (Å²) in [5.74, 6) is 0.762. The molecule has 1 aliphatic heterocycles. The highest BCUT2D eigenvalue weighted by Crippen LogP contribution is 2.34. The first kappa shape index (κ1) is 10.9. The van der Waals surface area contributed by atoms with Crippen LogP contribution in [0.15, 0.2) is 17.0 Å². The molecule has 1 aliphatic rings. The molecule has 0 amide bonds. The number of aldehydes is 1. The molecule has 1 aromatic carbocycles. The van der Waals surface area contributed by atoms with Gasteiger partial charge in [0.1, 0.15) is 13.2 Å². The number of hydrogen-bond donors (Lipinski definition) is 0. The zero-order valence-electron chi connectivity index (χ0n) is 8.60. The molecule has 86 valence electrons. The van der Waals surface area contributed by atoms with E-state index in [2.05, 4.69) is 0 Å². The van der Waals surface area contributed by atoms with E-state index in [-0.39, 0.29) is 10.5 Å². The fraction of sp³-hybridized carbons (Fsp3) is 0.300. The second kappa shape index (κ2) is 3.79. The quantitative estimate of drug-likeness (QED) is 0.713. The molecule has 0 unspecified atom stereocenters. The normalized spacial score (nSPS) is 14.6. The summed E-state index contributed by atoms with van der Waals surface area (Å²) >= 11 is 0. The molecule has 0 aromatic heterocycles. The van der Waals surface area contributed by atoms with E-state index in [0.717, 1.165) is 6.26 Å². The van der Waals surface area contributed by atoms with Gasteiger partial charge in [-0.2, -0.15) is 0 Å². The van der Waals surface area contributed by atoms with Crippen molar-refractivity contribution in [1.82, 2.24) is 0 Å². The largest absolute Gasteiger partial charge is 0.486 e. The SMILES string of the molecule is CS(=O)(=O)c1cc2c(cc1C=O)OCCO2. The molecule has 5 nitrogen and oxygen atoms in total. The van der Waals surface area contributed by atoms with Crippen LogP contribution in [0.2, 0.25) is 0 Å². The van der Waals surface area contributed by atoms with Crippen molar-refractivity contribution < 1.29 is 22.7 Å². The zero-order valence-corrected chi connectivity index (χ0v) is 9.41. The summed E-state index contributed by atoms with van der Waals surface area (Å²) in [6.45, 7) is 0.764. The molecule has 0 atom stereocenters. The molecule has 0 radical (unpaired) electrons. The molecular weight excluding hydrogens is 232 g/mol. The number of rotatable bonds is 2. The van der Waals surface area contributed by atoms with Gasteiger partial charge in [0.25, 0.3) is 0 Å². The molecule has 0 fully saturated rings. The van der Waals surface area contributed by atoms with Crippen molar-refractivity contribution in [1.29, 1.82) is 0 Å². The van der Waals surface area contributed by atoms with Crippen LogP contribution in [0, 0.1) is 0 Å². The van der Waals surface area contributed by atoms with Crippen molar-refractivity contribution in [3.63, 3.8) is 0 Å². The third-order valence-electron chi connectivity index (χ3n) is 2.20. The average molecular weight is 242 g/mol. The molecule has 0 N–H and O–H groups in total. The molecule has 1 aromatic rings. The van der Waals surface area contributed by atoms with Crippen molar-refractivity contribution in [2.75, 3.05) is 19.5 Å². The minimum absolute atomic E-state index is 0.0354. The van der Waals surface area contributed by atoms with Crippen molar-refractivity contribution in [2.45, 2.75) is 4.90 Å². The third kappa shape index (κ3) is 1.88. The smallest absolute Gasteiger partial charge is 0.176 e. The second-order valence-electron chi connectivity index (χ2n) is 3.42. The van der Waals surface area contributed by atoms with E-state index in [9.17, 15) is 13.2 Å². The maximum absolute atomic E-state index is 11.4. The summed E-state index contributed by atoms with van der Waals surface area (Å²) < 4.78 is 33.4. The van der Waals surface area contributed by atoms with Gasteiger partial charge in [0.15, 0.2) is 27.6 Å². The van der Waals surface area contributed by atoms with Gasteiger partial charge in [-0.25, -0.2) is 8.42 Å². The first-order valence-corrected chi connectivity index (χ1v) is 6.50. The lowest BCUT2D eigenvalue weighted by Gasteiger charge is -2.19. The summed E-state index contributed by atoms with van der Waals surface area (Å²) in [5.41, 5.74) is 0.0896. The van der Waals surface area contributed by atoms with Crippen molar-refractivity contribution >= 4 is 16.1 Å². The van der Waals surface area contributed by atoms with Crippen LogP contribution in [0.4, 0.5) is 0 Å². The van der Waals surface area contributed by atoms with Crippen LogP contribution in [-0.2, 0) is 9.84 Å². The molecule has 0 aliphatic carbocycles. The van der Waals surface area contributed by atoms with Crippen molar-refractivity contribution in [3.05, 3.63) is 17.7 Å². The van der Waals surface area contributed by atoms with Gasteiger partial charge in [-0.05, 0) is 6.07 Å². The minimum Gasteiger partial charge on any atom is -0.486 e. The van der Waals surface area contributed by atoms with Gasteiger partial charge in [0.2, 0.25) is 0 Å². The molecule has 16 heavy (non-hydrogen) atoms. The summed E-state index contributed by atoms with van der Waals surface area (Å²) in [6, 6.07) is 2.71. The number of carbonyl (C=O) groups excluding carboxylic acids is 1. The van der Waals surface area contributed by atoms with Gasteiger partial charge in [-0.1, -0.05) is 0 Å². The number of sulfone groups is 1. The van der Waals surface area contributed by atoms with E-state index >= 15 is 0 Å². The van der Waals surface area contributed by atoms with Crippen molar-refractivity contribution in [3.8, 4) is 11.5 Å². The third-order valence-corrected chi connectivity index (χ3v) is 3.35. The van der Waals surface area contributed by atoms with Crippen molar-refractivity contribution in [2.24, 2.45) is 0 Å². The van der Waals surface area contributed by atoms with Crippen LogP contribution in [0.1, 0.15) is 10.4 Å². The van der Waals surface area contributed by atoms with Gasteiger partial charge >= 0.3 is 0 Å². The molecule has 0 bridgehead atoms. The minimum atomic E-state index is -3.45. The maximum atomic E-state index is 11.4. The molecule has 1 heterocycles. The topological polar surface area (TPSA) is 69.7 Å². The van der Waals surface area contributed by atoms with Crippen LogP contribution in [0.5, 0.6) is 11.5 Å². The maximum Gasteiger partial charge on any atom is 0.176 e. The van der Waals surface area contributed by atoms with Crippen LogP contribution in [-0.4, -0.2) is 34.2 Å². The van der Waals surface area contributed by atoms with Crippen LogP contribution in [0.25, 0.3) is 0 Å². The standard InChI is InChI=1S/C10H10O5S/c1-16(12,13)10-5-9-8(4-7(10)6-11)14-2-3-15-9/h4-6H,2-3H2,1H3. The summed E-state index contributed by atoms with van der Waals surface area (Å²) in [7, 11) is -3.45. The first-order chi connectivity index (χ1) is 7.52. The Morgan fingerprint density at radius 3 is 2.25 bits per heavy atom. The predicted octanol–water partition coefficient (Wildman–Crippen LogP) is 0.674. The zero-order chi connectivity index (χ0) is 11.8. The average Bonchev–Trinajstić information content (AvgIpc) is 2.26. The molecule has 2 rings (SSSR count). The molecule has 0 saturated carbocycles. The molecule has 6 heteroatoms. The van der Waals surface area contributed by atoms with Gasteiger partial charge < -0.3 is 9.47 Å². The van der Waals surface area contributed by atoms with E-state index in [1.807, 2.05) is 0 Å². The highest BCUT2D eigenvalue weighted by Gasteiger charge is 2.20. The van der Waals surface area contributed by atoms with E-state index in [1.165, 1.54) is 12.1 Å². The Kier molecular flexibility index (Phi) is 2.59. The van der Waals surface area contributed by atoms with Crippen LogP contribution >= 0.6 is 0 Å². The second-order valence-corrected chi connectivity index (χ2v) is 5.41. The lowest BCUT2D eigenvalue weighted by Crippen LogP contribution is -2.16. The fourth-order valence-electron chi connectivity index (χ4n) is 1.50. The van der Waals surface area contributed by atoms with E-state index in [1.54, 1.807) is 0 Å². The number of benzene rings is 1. The first-order valence-electron chi connectivity index (χ1n) is 4.61. The summed E-state index contributed by atoms with van der Waals surface area (Å²) in [6.07, 6.45) is 1.54. The summed E-state index contributed by atoms with van der Waals surface area (Å²) in [5, 5.41) is 0. The highest BCUT2D eigenvalue weighted by atomic mass is 32.2. The highest BCUT2D eigenvalue weighted by molar-refractivity contribution is 7.90.